The molecule has 0 aliphatic carbocycles. The molecule has 9 heteroatoms. The lowest BCUT2D eigenvalue weighted by Gasteiger charge is -2.20. The van der Waals surface area contributed by atoms with Gasteiger partial charge in [0.2, 0.25) is 5.43 Å². The van der Waals surface area contributed by atoms with Gasteiger partial charge in [-0.3, -0.25) is 19.5 Å². The van der Waals surface area contributed by atoms with Gasteiger partial charge < -0.3 is 15.0 Å². The zero-order valence-corrected chi connectivity index (χ0v) is 20.6. The Morgan fingerprint density at radius 3 is 2.69 bits per heavy atom. The van der Waals surface area contributed by atoms with Gasteiger partial charge in [0, 0.05) is 44.0 Å². The first kappa shape index (κ1) is 24.7. The first-order valence-corrected chi connectivity index (χ1v) is 12.0. The fraction of sp³-hybridized carbons (Fsp3) is 0.269. The number of aliphatic hydroxyl groups is 1. The molecular formula is C26H27FN4O3S. The summed E-state index contributed by atoms with van der Waals surface area (Å²) in [5.74, 6) is -0.819. The van der Waals surface area contributed by atoms with Crippen LogP contribution in [0.15, 0.2) is 59.7 Å². The number of amides is 1. The molecule has 0 radical (unpaired) electrons. The molecule has 182 valence electrons. The molecular weight excluding hydrogens is 467 g/mol. The predicted octanol–water partition coefficient (Wildman–Crippen LogP) is 3.54. The Hall–Kier alpha value is -3.40. The van der Waals surface area contributed by atoms with Gasteiger partial charge in [-0.15, -0.1) is 11.3 Å². The van der Waals surface area contributed by atoms with Crippen LogP contribution in [0.25, 0.3) is 10.2 Å². The lowest BCUT2D eigenvalue weighted by molar-refractivity contribution is 0.0949. The summed E-state index contributed by atoms with van der Waals surface area (Å²) in [5, 5.41) is 13.2. The highest BCUT2D eigenvalue weighted by Gasteiger charge is 2.21. The fourth-order valence-corrected chi connectivity index (χ4v) is 5.41. The normalized spacial score (nSPS) is 12.3. The van der Waals surface area contributed by atoms with Crippen molar-refractivity contribution in [2.24, 2.45) is 7.05 Å². The molecule has 0 saturated carbocycles. The Morgan fingerprint density at radius 1 is 1.26 bits per heavy atom. The van der Waals surface area contributed by atoms with Crippen molar-refractivity contribution in [1.29, 1.82) is 0 Å². The number of thiophene rings is 1. The molecule has 4 rings (SSSR count). The van der Waals surface area contributed by atoms with E-state index in [1.165, 1.54) is 23.5 Å². The number of rotatable bonds is 8. The summed E-state index contributed by atoms with van der Waals surface area (Å²) in [6.45, 7) is 3.09. The zero-order valence-electron chi connectivity index (χ0n) is 19.8. The minimum Gasteiger partial charge on any atom is -0.385 e. The molecule has 3 heterocycles. The summed E-state index contributed by atoms with van der Waals surface area (Å²) in [6.07, 6.45) is 2.49. The molecule has 0 bridgehead atoms. The van der Waals surface area contributed by atoms with Gasteiger partial charge in [0.15, 0.2) is 0 Å². The maximum Gasteiger partial charge on any atom is 0.257 e. The van der Waals surface area contributed by atoms with E-state index < -0.39 is 12.0 Å². The zero-order chi connectivity index (χ0) is 25.1. The van der Waals surface area contributed by atoms with Crippen LogP contribution in [0.3, 0.4) is 0 Å². The summed E-state index contributed by atoms with van der Waals surface area (Å²) in [6, 6.07) is 11.3. The SMILES string of the molecule is Cc1c(CN(C)C[C@@H](O)c2ccccn2)sc2c(=O)c(C(=O)NCc3ccc(F)cc3)cn(C)c12. The van der Waals surface area contributed by atoms with Crippen molar-refractivity contribution in [3.8, 4) is 0 Å². The van der Waals surface area contributed by atoms with Crippen LogP contribution in [0.5, 0.6) is 0 Å². The molecule has 0 unspecified atom stereocenters. The van der Waals surface area contributed by atoms with E-state index in [0.29, 0.717) is 23.5 Å². The lowest BCUT2D eigenvalue weighted by Crippen LogP contribution is -2.29. The molecule has 0 spiro atoms. The lowest BCUT2D eigenvalue weighted by atomic mass is 10.1. The summed E-state index contributed by atoms with van der Waals surface area (Å²) in [7, 11) is 3.72. The van der Waals surface area contributed by atoms with Crippen LogP contribution in [-0.4, -0.2) is 39.1 Å². The van der Waals surface area contributed by atoms with E-state index >= 15 is 0 Å². The van der Waals surface area contributed by atoms with Gasteiger partial charge in [0.1, 0.15) is 17.5 Å². The van der Waals surface area contributed by atoms with Crippen LogP contribution in [0.1, 0.15) is 38.2 Å². The van der Waals surface area contributed by atoms with E-state index in [-0.39, 0.29) is 23.4 Å². The van der Waals surface area contributed by atoms with Crippen LogP contribution in [0.4, 0.5) is 4.39 Å². The Bertz CT molecular complexity index is 1400. The van der Waals surface area contributed by atoms with E-state index in [9.17, 15) is 19.1 Å². The highest BCUT2D eigenvalue weighted by atomic mass is 32.1. The van der Waals surface area contributed by atoms with Crippen molar-refractivity contribution in [3.63, 3.8) is 0 Å². The molecule has 1 aromatic carbocycles. The topological polar surface area (TPSA) is 87.5 Å². The highest BCUT2D eigenvalue weighted by Crippen LogP contribution is 2.30. The first-order chi connectivity index (χ1) is 16.7. The Labute approximate surface area is 206 Å². The fourth-order valence-electron chi connectivity index (χ4n) is 4.03. The molecule has 35 heavy (non-hydrogen) atoms. The number of halogens is 1. The molecule has 0 aliphatic rings. The number of fused-ring (bicyclic) bond motifs is 1. The van der Waals surface area contributed by atoms with Gasteiger partial charge in [-0.1, -0.05) is 18.2 Å². The number of carbonyl (C=O) groups is 1. The number of aryl methyl sites for hydroxylation is 2. The van der Waals surface area contributed by atoms with Gasteiger partial charge >= 0.3 is 0 Å². The summed E-state index contributed by atoms with van der Waals surface area (Å²) < 4.78 is 15.4. The van der Waals surface area contributed by atoms with E-state index in [1.807, 2.05) is 36.6 Å². The van der Waals surface area contributed by atoms with Gasteiger partial charge in [0.25, 0.3) is 5.91 Å². The second kappa shape index (κ2) is 10.5. The van der Waals surface area contributed by atoms with E-state index in [1.54, 1.807) is 36.7 Å². The van der Waals surface area contributed by atoms with E-state index in [4.69, 9.17) is 0 Å². The van der Waals surface area contributed by atoms with Gasteiger partial charge in [-0.2, -0.15) is 0 Å². The summed E-state index contributed by atoms with van der Waals surface area (Å²) in [5.41, 5.74) is 2.87. The van der Waals surface area contributed by atoms with Crippen LogP contribution in [0.2, 0.25) is 0 Å². The molecule has 0 fully saturated rings. The monoisotopic (exact) mass is 494 g/mol. The number of likely N-dealkylation sites (N-methyl/N-ethyl adjacent to an activating group) is 1. The Balaban J connectivity index is 1.53. The average molecular weight is 495 g/mol. The van der Waals surface area contributed by atoms with Crippen molar-refractivity contribution in [2.75, 3.05) is 13.6 Å². The largest absolute Gasteiger partial charge is 0.385 e. The first-order valence-electron chi connectivity index (χ1n) is 11.2. The van der Waals surface area contributed by atoms with Crippen molar-refractivity contribution < 1.29 is 14.3 Å². The van der Waals surface area contributed by atoms with Crippen molar-refractivity contribution in [1.82, 2.24) is 19.8 Å². The minimum atomic E-state index is -0.724. The second-order valence-corrected chi connectivity index (χ2v) is 9.69. The number of pyridine rings is 2. The van der Waals surface area contributed by atoms with E-state index in [2.05, 4.69) is 10.3 Å². The maximum absolute atomic E-state index is 13.2. The number of benzene rings is 1. The number of nitrogens with one attached hydrogen (secondary N) is 1. The molecule has 0 saturated heterocycles. The molecule has 7 nitrogen and oxygen atoms in total. The van der Waals surface area contributed by atoms with Crippen LogP contribution in [0, 0.1) is 12.7 Å². The van der Waals surface area contributed by atoms with Crippen molar-refractivity contribution >= 4 is 27.5 Å². The van der Waals surface area contributed by atoms with Gasteiger partial charge in [-0.05, 0) is 49.4 Å². The quantitative estimate of drug-likeness (QED) is 0.391. The third-order valence-electron chi connectivity index (χ3n) is 5.88. The number of nitrogens with zero attached hydrogens (tertiary/aromatic N) is 3. The van der Waals surface area contributed by atoms with Crippen LogP contribution < -0.4 is 10.7 Å². The number of aromatic nitrogens is 2. The molecule has 4 aromatic rings. The van der Waals surface area contributed by atoms with E-state index in [0.717, 1.165) is 21.5 Å². The van der Waals surface area contributed by atoms with Gasteiger partial charge in [-0.25, -0.2) is 4.39 Å². The molecule has 3 aromatic heterocycles. The second-order valence-electron chi connectivity index (χ2n) is 8.59. The van der Waals surface area contributed by atoms with Crippen LogP contribution >= 0.6 is 11.3 Å². The highest BCUT2D eigenvalue weighted by molar-refractivity contribution is 7.19. The number of hydrogen-bond acceptors (Lipinski definition) is 6. The molecule has 1 amide bonds. The average Bonchev–Trinajstić information content (AvgIpc) is 3.17. The molecule has 0 aliphatic heterocycles. The summed E-state index contributed by atoms with van der Waals surface area (Å²) >= 11 is 1.37. The summed E-state index contributed by atoms with van der Waals surface area (Å²) in [4.78, 5) is 33.2. The predicted molar refractivity (Wildman–Crippen MR) is 135 cm³/mol. The van der Waals surface area contributed by atoms with Gasteiger partial charge in [0.05, 0.1) is 15.9 Å². The van der Waals surface area contributed by atoms with Crippen molar-refractivity contribution in [2.45, 2.75) is 26.1 Å². The standard InChI is InChI=1S/C26H27FN4O3S/c1-16-22(15-30(2)14-21(32)20-6-4-5-11-28-20)35-25-23(16)31(3)13-19(24(25)33)26(34)29-12-17-7-9-18(27)10-8-17/h4-11,13,21,32H,12,14-15H2,1-3H3,(H,29,34)/t21-/m1/s1. The molecule has 2 N–H and O–H groups in total. The Morgan fingerprint density at radius 2 is 2.00 bits per heavy atom. The number of carbonyl (C=O) groups excluding carboxylic acids is 1. The molecule has 1 atom stereocenters. The van der Waals surface area contributed by atoms with Crippen molar-refractivity contribution in [3.05, 3.63) is 98.2 Å². The minimum absolute atomic E-state index is 0.0637. The smallest absolute Gasteiger partial charge is 0.257 e. The number of aliphatic hydroxyl groups excluding tert-OH is 1. The maximum atomic E-state index is 13.2. The third-order valence-corrected chi connectivity index (χ3v) is 7.14. The Kier molecular flexibility index (Phi) is 7.39. The third kappa shape index (κ3) is 5.48. The number of hydrogen-bond donors (Lipinski definition) is 2. The van der Waals surface area contributed by atoms with Crippen LogP contribution in [-0.2, 0) is 20.1 Å².